The number of methoxy groups -OCH3 is 2. The van der Waals surface area contributed by atoms with Crippen LogP contribution in [0.1, 0.15) is 31.2 Å². The normalized spacial score (nSPS) is 22.7. The lowest BCUT2D eigenvalue weighted by molar-refractivity contribution is -0.136. The van der Waals surface area contributed by atoms with Gasteiger partial charge in [-0.3, -0.25) is 4.79 Å². The molecule has 2 atom stereocenters. The number of hydrogen-bond donors (Lipinski definition) is 2. The summed E-state index contributed by atoms with van der Waals surface area (Å²) >= 11 is 0. The number of phenols is 1. The molecule has 2 aliphatic rings. The Labute approximate surface area is 146 Å². The van der Waals surface area contributed by atoms with Crippen LogP contribution in [0.3, 0.4) is 0 Å². The van der Waals surface area contributed by atoms with Crippen molar-refractivity contribution in [3.63, 3.8) is 0 Å². The first-order valence-corrected chi connectivity index (χ1v) is 8.13. The number of esters is 1. The van der Waals surface area contributed by atoms with Gasteiger partial charge in [-0.1, -0.05) is 12.1 Å². The zero-order chi connectivity index (χ0) is 18.1. The van der Waals surface area contributed by atoms with Crippen molar-refractivity contribution in [3.05, 3.63) is 46.8 Å². The minimum absolute atomic E-state index is 0.0332. The molecule has 0 aromatic heterocycles. The molecule has 0 saturated carbocycles. The topological polar surface area (TPSA) is 84.9 Å². The molecule has 2 N–H and O–H groups in total. The molecule has 0 spiro atoms. The summed E-state index contributed by atoms with van der Waals surface area (Å²) in [4.78, 5) is 25.1. The van der Waals surface area contributed by atoms with E-state index >= 15 is 0 Å². The van der Waals surface area contributed by atoms with E-state index < -0.39 is 17.8 Å². The van der Waals surface area contributed by atoms with E-state index in [0.717, 1.165) is 5.70 Å². The minimum Gasteiger partial charge on any atom is -0.504 e. The smallest absolute Gasteiger partial charge is 0.336 e. The quantitative estimate of drug-likeness (QED) is 0.820. The second kappa shape index (κ2) is 6.63. The summed E-state index contributed by atoms with van der Waals surface area (Å²) in [6, 6.07) is 4.95. The van der Waals surface area contributed by atoms with Crippen molar-refractivity contribution in [2.24, 2.45) is 5.92 Å². The van der Waals surface area contributed by atoms with Gasteiger partial charge in [-0.15, -0.1) is 0 Å². The van der Waals surface area contributed by atoms with Crippen molar-refractivity contribution in [3.8, 4) is 11.5 Å². The van der Waals surface area contributed by atoms with Gasteiger partial charge in [0, 0.05) is 23.7 Å². The van der Waals surface area contributed by atoms with E-state index in [1.807, 2.05) is 6.08 Å². The maximum Gasteiger partial charge on any atom is 0.336 e. The summed E-state index contributed by atoms with van der Waals surface area (Å²) in [5.74, 6) is -1.11. The van der Waals surface area contributed by atoms with Crippen LogP contribution in [0.25, 0.3) is 0 Å². The SMILES string of the molecule is COC(=O)C1=C(C)NC2=CCCC(=O)C2C1c1ccc(OC)c(O)c1. The van der Waals surface area contributed by atoms with E-state index in [1.54, 1.807) is 25.1 Å². The van der Waals surface area contributed by atoms with Crippen LogP contribution in [0.5, 0.6) is 11.5 Å². The molecule has 0 fully saturated rings. The Morgan fingerprint density at radius 2 is 2.04 bits per heavy atom. The van der Waals surface area contributed by atoms with Crippen LogP contribution in [0.15, 0.2) is 41.2 Å². The molecular weight excluding hydrogens is 322 g/mol. The first kappa shape index (κ1) is 17.1. The fourth-order valence-electron chi connectivity index (χ4n) is 3.65. The number of nitrogens with one attached hydrogen (secondary N) is 1. The van der Waals surface area contributed by atoms with Crippen molar-refractivity contribution in [1.29, 1.82) is 0 Å². The fourth-order valence-corrected chi connectivity index (χ4v) is 3.65. The first-order chi connectivity index (χ1) is 12.0. The summed E-state index contributed by atoms with van der Waals surface area (Å²) in [7, 11) is 2.79. The molecule has 0 bridgehead atoms. The molecule has 6 nitrogen and oxygen atoms in total. The number of carbonyl (C=O) groups is 2. The molecule has 25 heavy (non-hydrogen) atoms. The number of aromatic hydroxyl groups is 1. The van der Waals surface area contributed by atoms with Crippen LogP contribution in [0.4, 0.5) is 0 Å². The Kier molecular flexibility index (Phi) is 4.53. The maximum atomic E-state index is 12.6. The molecule has 132 valence electrons. The zero-order valence-electron chi connectivity index (χ0n) is 14.5. The van der Waals surface area contributed by atoms with E-state index in [9.17, 15) is 14.7 Å². The Morgan fingerprint density at radius 3 is 2.68 bits per heavy atom. The van der Waals surface area contributed by atoms with Gasteiger partial charge in [-0.25, -0.2) is 4.79 Å². The molecule has 1 aliphatic carbocycles. The van der Waals surface area contributed by atoms with Gasteiger partial charge in [-0.2, -0.15) is 0 Å². The predicted molar refractivity (Wildman–Crippen MR) is 91.1 cm³/mol. The van der Waals surface area contributed by atoms with E-state index in [4.69, 9.17) is 9.47 Å². The van der Waals surface area contributed by atoms with Crippen molar-refractivity contribution >= 4 is 11.8 Å². The number of rotatable bonds is 3. The molecule has 0 amide bonds. The highest BCUT2D eigenvalue weighted by Gasteiger charge is 2.43. The van der Waals surface area contributed by atoms with Crippen LogP contribution >= 0.6 is 0 Å². The molecule has 1 heterocycles. The third-order valence-electron chi connectivity index (χ3n) is 4.78. The monoisotopic (exact) mass is 343 g/mol. The minimum atomic E-state index is -0.510. The highest BCUT2D eigenvalue weighted by Crippen LogP contribution is 2.45. The molecule has 1 aromatic rings. The fraction of sp³-hybridized carbons (Fsp3) is 0.368. The van der Waals surface area contributed by atoms with Gasteiger partial charge < -0.3 is 19.9 Å². The third kappa shape index (κ3) is 2.88. The van der Waals surface area contributed by atoms with Crippen LogP contribution in [0.2, 0.25) is 0 Å². The highest BCUT2D eigenvalue weighted by molar-refractivity contribution is 5.96. The van der Waals surface area contributed by atoms with Crippen LogP contribution in [0, 0.1) is 5.92 Å². The van der Waals surface area contributed by atoms with Gasteiger partial charge in [0.05, 0.1) is 25.7 Å². The molecule has 0 radical (unpaired) electrons. The highest BCUT2D eigenvalue weighted by atomic mass is 16.5. The van der Waals surface area contributed by atoms with Crippen molar-refractivity contribution in [2.45, 2.75) is 25.7 Å². The summed E-state index contributed by atoms with van der Waals surface area (Å²) in [6.45, 7) is 1.79. The van der Waals surface area contributed by atoms with Crippen LogP contribution in [-0.2, 0) is 14.3 Å². The maximum absolute atomic E-state index is 12.6. The number of hydrogen-bond acceptors (Lipinski definition) is 6. The van der Waals surface area contributed by atoms with Crippen molar-refractivity contribution in [1.82, 2.24) is 5.32 Å². The molecule has 6 heteroatoms. The number of carbonyl (C=O) groups excluding carboxylic acids is 2. The number of ketones is 1. The van der Waals surface area contributed by atoms with Gasteiger partial charge >= 0.3 is 5.97 Å². The van der Waals surface area contributed by atoms with E-state index in [2.05, 4.69) is 5.32 Å². The van der Waals surface area contributed by atoms with E-state index in [1.165, 1.54) is 14.2 Å². The van der Waals surface area contributed by atoms with Gasteiger partial charge in [0.1, 0.15) is 5.78 Å². The summed E-state index contributed by atoms with van der Waals surface area (Å²) in [6.07, 6.45) is 3.11. The third-order valence-corrected chi connectivity index (χ3v) is 4.78. The number of phenolic OH excluding ortho intramolecular Hbond substituents is 1. The standard InChI is InChI=1S/C19H21NO5/c1-10-16(19(23)25-3)17(11-7-8-15(24-2)14(22)9-11)18-12(20-10)5-4-6-13(18)21/h5,7-9,17-18,20,22H,4,6H2,1-3H3. The second-order valence-corrected chi connectivity index (χ2v) is 6.21. The largest absolute Gasteiger partial charge is 0.504 e. The molecule has 2 unspecified atom stereocenters. The van der Waals surface area contributed by atoms with Gasteiger partial charge in [0.2, 0.25) is 0 Å². The van der Waals surface area contributed by atoms with Crippen molar-refractivity contribution < 1.29 is 24.2 Å². The summed E-state index contributed by atoms with van der Waals surface area (Å²) in [5, 5.41) is 13.3. The van der Waals surface area contributed by atoms with E-state index in [0.29, 0.717) is 35.4 Å². The number of benzene rings is 1. The van der Waals surface area contributed by atoms with Gasteiger partial charge in [0.25, 0.3) is 0 Å². The van der Waals surface area contributed by atoms with Crippen LogP contribution in [-0.4, -0.2) is 31.1 Å². The molecule has 3 rings (SSSR count). The average molecular weight is 343 g/mol. The van der Waals surface area contributed by atoms with Gasteiger partial charge in [0.15, 0.2) is 11.5 Å². The number of allylic oxidation sites excluding steroid dienone is 3. The molecular formula is C19H21NO5. The predicted octanol–water partition coefficient (Wildman–Crippen LogP) is 2.40. The lowest BCUT2D eigenvalue weighted by Gasteiger charge is -2.37. The number of ether oxygens (including phenoxy) is 2. The van der Waals surface area contributed by atoms with Crippen molar-refractivity contribution in [2.75, 3.05) is 14.2 Å². The second-order valence-electron chi connectivity index (χ2n) is 6.21. The Morgan fingerprint density at radius 1 is 1.28 bits per heavy atom. The zero-order valence-corrected chi connectivity index (χ0v) is 14.5. The number of Topliss-reactive ketones (excluding diaryl/α,β-unsaturated/α-hetero) is 1. The Balaban J connectivity index is 2.19. The Bertz CT molecular complexity index is 793. The number of fused-ring (bicyclic) bond motifs is 1. The summed E-state index contributed by atoms with van der Waals surface area (Å²) < 4.78 is 10.0. The first-order valence-electron chi connectivity index (χ1n) is 8.13. The Hall–Kier alpha value is -2.76. The molecule has 0 saturated heterocycles. The van der Waals surface area contributed by atoms with Gasteiger partial charge in [-0.05, 0) is 31.0 Å². The average Bonchev–Trinajstić information content (AvgIpc) is 2.60. The van der Waals surface area contributed by atoms with E-state index in [-0.39, 0.29) is 11.5 Å². The lowest BCUT2D eigenvalue weighted by Crippen LogP contribution is -2.40. The molecule has 1 aliphatic heterocycles. The van der Waals surface area contributed by atoms with Crippen LogP contribution < -0.4 is 10.1 Å². The lowest BCUT2D eigenvalue weighted by atomic mass is 9.71. The summed E-state index contributed by atoms with van der Waals surface area (Å²) in [5.41, 5.74) is 2.54. The molecule has 1 aromatic carbocycles.